The number of amides is 2. The molecule has 0 aliphatic carbocycles. The number of hydrogen-bond acceptors (Lipinski definition) is 4. The highest BCUT2D eigenvalue weighted by atomic mass is 16.2. The smallest absolute Gasteiger partial charge is 0.254 e. The van der Waals surface area contributed by atoms with Crippen LogP contribution >= 0.6 is 0 Å². The normalized spacial score (nSPS) is 22.2. The van der Waals surface area contributed by atoms with Gasteiger partial charge in [-0.25, -0.2) is 0 Å². The van der Waals surface area contributed by atoms with Gasteiger partial charge in [-0.15, -0.1) is 0 Å². The Morgan fingerprint density at radius 3 is 2.77 bits per heavy atom. The van der Waals surface area contributed by atoms with E-state index in [9.17, 15) is 14.4 Å². The van der Waals surface area contributed by atoms with Gasteiger partial charge in [0.05, 0.1) is 6.04 Å². The standard InChI is InChI=1S/C23H20N4O3/c1-26-11-8-15(13-19(26)28)21(29)27-12-9-23(20(27)16-5-4-10-24-14-16)17-6-2-3-7-18(17)25-22(23)30/h2-8,10-11,13-14,20H,9,12H2,1H3,(H,25,30). The van der Waals surface area contributed by atoms with Crippen molar-refractivity contribution in [2.45, 2.75) is 17.9 Å². The lowest BCUT2D eigenvalue weighted by atomic mass is 9.73. The molecule has 2 aliphatic heterocycles. The molecule has 2 atom stereocenters. The van der Waals surface area contributed by atoms with Crippen LogP contribution in [0.15, 0.2) is 71.9 Å². The minimum Gasteiger partial charge on any atom is -0.330 e. The molecule has 30 heavy (non-hydrogen) atoms. The molecule has 0 radical (unpaired) electrons. The van der Waals surface area contributed by atoms with E-state index in [2.05, 4.69) is 10.3 Å². The molecule has 1 fully saturated rings. The maximum Gasteiger partial charge on any atom is 0.254 e. The number of aryl methyl sites for hydroxylation is 1. The first kappa shape index (κ1) is 18.3. The number of carbonyl (C=O) groups excluding carboxylic acids is 2. The van der Waals surface area contributed by atoms with Crippen molar-refractivity contribution in [3.05, 3.63) is 94.2 Å². The zero-order valence-electron chi connectivity index (χ0n) is 16.4. The number of benzene rings is 1. The topological polar surface area (TPSA) is 84.3 Å². The largest absolute Gasteiger partial charge is 0.330 e. The second-order valence-corrected chi connectivity index (χ2v) is 7.77. The fourth-order valence-electron chi connectivity index (χ4n) is 4.75. The Balaban J connectivity index is 1.66. The van der Waals surface area contributed by atoms with E-state index in [0.717, 1.165) is 16.8 Å². The minimum absolute atomic E-state index is 0.114. The van der Waals surface area contributed by atoms with Crippen LogP contribution in [0.2, 0.25) is 0 Å². The van der Waals surface area contributed by atoms with Gasteiger partial charge in [-0.05, 0) is 35.7 Å². The highest BCUT2D eigenvalue weighted by molar-refractivity contribution is 6.08. The van der Waals surface area contributed by atoms with E-state index in [1.54, 1.807) is 42.7 Å². The summed E-state index contributed by atoms with van der Waals surface area (Å²) in [4.78, 5) is 44.8. The molecule has 1 aromatic carbocycles. The van der Waals surface area contributed by atoms with Crippen molar-refractivity contribution in [1.29, 1.82) is 0 Å². The minimum atomic E-state index is -0.894. The van der Waals surface area contributed by atoms with Crippen molar-refractivity contribution in [3.63, 3.8) is 0 Å². The fraction of sp³-hybridized carbons (Fsp3) is 0.217. The lowest BCUT2D eigenvalue weighted by Crippen LogP contribution is -2.42. The molecule has 4 heterocycles. The van der Waals surface area contributed by atoms with Crippen LogP contribution in [0.3, 0.4) is 0 Å². The number of anilines is 1. The Bertz CT molecular complexity index is 1220. The molecule has 7 heteroatoms. The Morgan fingerprint density at radius 2 is 2.00 bits per heavy atom. The van der Waals surface area contributed by atoms with Crippen molar-refractivity contribution < 1.29 is 9.59 Å². The summed E-state index contributed by atoms with van der Waals surface area (Å²) in [5.41, 5.74) is 1.63. The first-order valence-corrected chi connectivity index (χ1v) is 9.81. The van der Waals surface area contributed by atoms with Gasteiger partial charge in [0.15, 0.2) is 0 Å². The molecule has 2 unspecified atom stereocenters. The van der Waals surface area contributed by atoms with Crippen LogP contribution in [0.25, 0.3) is 0 Å². The summed E-state index contributed by atoms with van der Waals surface area (Å²) in [6.07, 6.45) is 5.45. The molecule has 1 spiro atoms. The van der Waals surface area contributed by atoms with Gasteiger partial charge in [0.1, 0.15) is 5.41 Å². The van der Waals surface area contributed by atoms with Gasteiger partial charge in [0, 0.05) is 49.5 Å². The number of nitrogens with zero attached hydrogens (tertiary/aromatic N) is 3. The molecule has 2 aliphatic rings. The Hall–Kier alpha value is -3.74. The van der Waals surface area contributed by atoms with Crippen molar-refractivity contribution in [1.82, 2.24) is 14.5 Å². The molecule has 7 nitrogen and oxygen atoms in total. The van der Waals surface area contributed by atoms with E-state index < -0.39 is 11.5 Å². The fourth-order valence-corrected chi connectivity index (χ4v) is 4.75. The van der Waals surface area contributed by atoms with Crippen LogP contribution in [0.4, 0.5) is 5.69 Å². The number of aromatic nitrogens is 2. The molecule has 2 aromatic heterocycles. The summed E-state index contributed by atoms with van der Waals surface area (Å²) in [6.45, 7) is 0.398. The number of rotatable bonds is 2. The van der Waals surface area contributed by atoms with E-state index >= 15 is 0 Å². The summed E-state index contributed by atoms with van der Waals surface area (Å²) in [7, 11) is 1.64. The number of carbonyl (C=O) groups is 2. The second-order valence-electron chi connectivity index (χ2n) is 7.77. The van der Waals surface area contributed by atoms with Crippen LogP contribution in [0.1, 0.15) is 33.9 Å². The van der Waals surface area contributed by atoms with E-state index in [0.29, 0.717) is 18.5 Å². The highest BCUT2D eigenvalue weighted by Gasteiger charge is 2.59. The Labute approximate surface area is 173 Å². The third-order valence-electron chi connectivity index (χ3n) is 6.20. The number of nitrogens with one attached hydrogen (secondary N) is 1. The molecule has 5 rings (SSSR count). The van der Waals surface area contributed by atoms with Crippen molar-refractivity contribution in [2.24, 2.45) is 7.05 Å². The Kier molecular flexibility index (Phi) is 4.06. The van der Waals surface area contributed by atoms with E-state index in [-0.39, 0.29) is 17.4 Å². The number of para-hydroxylation sites is 1. The van der Waals surface area contributed by atoms with Crippen molar-refractivity contribution in [3.8, 4) is 0 Å². The molecule has 0 bridgehead atoms. The van der Waals surface area contributed by atoms with Gasteiger partial charge < -0.3 is 14.8 Å². The molecule has 1 N–H and O–H groups in total. The summed E-state index contributed by atoms with van der Waals surface area (Å²) in [5, 5.41) is 3.00. The van der Waals surface area contributed by atoms with E-state index in [4.69, 9.17) is 0 Å². The summed E-state index contributed by atoms with van der Waals surface area (Å²) in [5.74, 6) is -0.382. The van der Waals surface area contributed by atoms with Gasteiger partial charge in [-0.3, -0.25) is 19.4 Å². The zero-order chi connectivity index (χ0) is 20.9. The quantitative estimate of drug-likeness (QED) is 0.715. The first-order valence-electron chi connectivity index (χ1n) is 9.81. The number of fused-ring (bicyclic) bond motifs is 2. The number of likely N-dealkylation sites (tertiary alicyclic amines) is 1. The average molecular weight is 400 g/mol. The van der Waals surface area contributed by atoms with E-state index in [1.165, 1.54) is 10.6 Å². The average Bonchev–Trinajstić information content (AvgIpc) is 3.30. The molecular weight excluding hydrogens is 380 g/mol. The first-order chi connectivity index (χ1) is 14.5. The molecule has 2 amide bonds. The van der Waals surface area contributed by atoms with Gasteiger partial charge in [0.2, 0.25) is 5.91 Å². The van der Waals surface area contributed by atoms with Crippen molar-refractivity contribution in [2.75, 3.05) is 11.9 Å². The van der Waals surface area contributed by atoms with Gasteiger partial charge in [-0.2, -0.15) is 0 Å². The monoisotopic (exact) mass is 400 g/mol. The molecule has 1 saturated heterocycles. The van der Waals surface area contributed by atoms with Crippen LogP contribution in [-0.2, 0) is 17.3 Å². The molecule has 0 saturated carbocycles. The van der Waals surface area contributed by atoms with Crippen LogP contribution in [-0.4, -0.2) is 32.8 Å². The van der Waals surface area contributed by atoms with Crippen LogP contribution in [0, 0.1) is 0 Å². The maximum absolute atomic E-state index is 13.5. The van der Waals surface area contributed by atoms with Crippen LogP contribution < -0.4 is 10.9 Å². The summed E-state index contributed by atoms with van der Waals surface area (Å²) < 4.78 is 1.42. The lowest BCUT2D eigenvalue weighted by Gasteiger charge is -2.34. The lowest BCUT2D eigenvalue weighted by molar-refractivity contribution is -0.121. The third kappa shape index (κ3) is 2.51. The predicted molar refractivity (Wildman–Crippen MR) is 111 cm³/mol. The number of hydrogen-bond donors (Lipinski definition) is 1. The highest BCUT2D eigenvalue weighted by Crippen LogP contribution is 2.54. The van der Waals surface area contributed by atoms with Crippen molar-refractivity contribution >= 4 is 17.5 Å². The molecule has 3 aromatic rings. The molecular formula is C23H20N4O3. The van der Waals surface area contributed by atoms with Crippen LogP contribution in [0.5, 0.6) is 0 Å². The summed E-state index contributed by atoms with van der Waals surface area (Å²) >= 11 is 0. The van der Waals surface area contributed by atoms with Gasteiger partial charge >= 0.3 is 0 Å². The number of pyridine rings is 2. The third-order valence-corrected chi connectivity index (χ3v) is 6.20. The van der Waals surface area contributed by atoms with Gasteiger partial charge in [0.25, 0.3) is 11.5 Å². The second kappa shape index (κ2) is 6.66. The summed E-state index contributed by atoms with van der Waals surface area (Å²) in [6, 6.07) is 13.8. The predicted octanol–water partition coefficient (Wildman–Crippen LogP) is 2.26. The zero-order valence-corrected chi connectivity index (χ0v) is 16.4. The Morgan fingerprint density at radius 1 is 1.17 bits per heavy atom. The SMILES string of the molecule is Cn1ccc(C(=O)N2CCC3(C(=O)Nc4ccccc43)C2c2cccnc2)cc1=O. The van der Waals surface area contributed by atoms with E-state index in [1.807, 2.05) is 30.3 Å². The van der Waals surface area contributed by atoms with Gasteiger partial charge in [-0.1, -0.05) is 24.3 Å². The molecule has 150 valence electrons. The maximum atomic E-state index is 13.5.